The monoisotopic (exact) mass is 649 g/mol. The molecule has 0 aromatic heterocycles. The fourth-order valence-electron chi connectivity index (χ4n) is 4.32. The summed E-state index contributed by atoms with van der Waals surface area (Å²) in [5, 5.41) is 3.05. The zero-order chi connectivity index (χ0) is 32.8. The Balaban J connectivity index is 2.15. The van der Waals surface area contributed by atoms with E-state index in [2.05, 4.69) is 5.32 Å². The van der Waals surface area contributed by atoms with E-state index in [9.17, 15) is 22.4 Å². The number of anilines is 1. The summed E-state index contributed by atoms with van der Waals surface area (Å²) in [6, 6.07) is 12.8. The second kappa shape index (κ2) is 14.2. The number of nitrogens with one attached hydrogen (secondary N) is 1. The Hall–Kier alpha value is -4.03. The van der Waals surface area contributed by atoms with E-state index in [1.165, 1.54) is 93.8 Å². The van der Waals surface area contributed by atoms with Crippen molar-refractivity contribution < 1.29 is 36.6 Å². The number of methoxy groups -OCH3 is 3. The third kappa shape index (κ3) is 8.32. The van der Waals surface area contributed by atoms with Gasteiger partial charge in [0.15, 0.2) is 11.5 Å². The highest BCUT2D eigenvalue weighted by Crippen LogP contribution is 2.37. The van der Waals surface area contributed by atoms with Crippen molar-refractivity contribution in [2.24, 2.45) is 0 Å². The minimum atomic E-state index is -4.48. The number of ether oxygens (including phenoxy) is 3. The van der Waals surface area contributed by atoms with Crippen LogP contribution in [0.1, 0.15) is 33.3 Å². The van der Waals surface area contributed by atoms with Gasteiger partial charge in [-0.15, -0.1) is 0 Å². The minimum Gasteiger partial charge on any atom is -0.495 e. The molecule has 0 bridgehead atoms. The van der Waals surface area contributed by atoms with Crippen LogP contribution in [0, 0.1) is 5.82 Å². The lowest BCUT2D eigenvalue weighted by atomic mass is 10.1. The van der Waals surface area contributed by atoms with E-state index >= 15 is 0 Å². The van der Waals surface area contributed by atoms with Gasteiger partial charge in [-0.05, 0) is 75.7 Å². The summed E-state index contributed by atoms with van der Waals surface area (Å²) >= 11 is 6.28. The van der Waals surface area contributed by atoms with Crippen molar-refractivity contribution in [3.8, 4) is 17.2 Å². The van der Waals surface area contributed by atoms with Crippen molar-refractivity contribution in [3.63, 3.8) is 0 Å². The van der Waals surface area contributed by atoms with E-state index in [-0.39, 0.29) is 33.6 Å². The van der Waals surface area contributed by atoms with E-state index in [4.69, 9.17) is 25.8 Å². The third-order valence-electron chi connectivity index (χ3n) is 6.56. The maximum Gasteiger partial charge on any atom is 0.265 e. The number of nitrogens with zero attached hydrogens (tertiary/aromatic N) is 2. The molecule has 1 N–H and O–H groups in total. The molecule has 0 spiro atoms. The predicted molar refractivity (Wildman–Crippen MR) is 166 cm³/mol. The van der Waals surface area contributed by atoms with Crippen molar-refractivity contribution in [1.82, 2.24) is 10.2 Å². The van der Waals surface area contributed by atoms with Gasteiger partial charge >= 0.3 is 0 Å². The number of carbonyl (C=O) groups is 2. The van der Waals surface area contributed by atoms with Gasteiger partial charge < -0.3 is 24.4 Å². The molecule has 2 amide bonds. The summed E-state index contributed by atoms with van der Waals surface area (Å²) in [5.41, 5.74) is -0.0752. The Morgan fingerprint density at radius 2 is 1.50 bits per heavy atom. The van der Waals surface area contributed by atoms with Gasteiger partial charge in [0.05, 0.1) is 31.9 Å². The number of benzene rings is 3. The highest BCUT2D eigenvalue weighted by Gasteiger charge is 2.35. The quantitative estimate of drug-likeness (QED) is 0.293. The first-order valence-corrected chi connectivity index (χ1v) is 15.4. The number of sulfonamides is 1. The molecule has 1 atom stereocenters. The van der Waals surface area contributed by atoms with Crippen molar-refractivity contribution in [2.75, 3.05) is 32.2 Å². The van der Waals surface area contributed by atoms with Gasteiger partial charge in [0.2, 0.25) is 11.8 Å². The summed E-state index contributed by atoms with van der Waals surface area (Å²) in [6.45, 7) is 6.10. The molecule has 3 aromatic carbocycles. The first-order chi connectivity index (χ1) is 20.6. The van der Waals surface area contributed by atoms with Crippen molar-refractivity contribution in [1.29, 1.82) is 0 Å². The number of halogens is 2. The lowest BCUT2D eigenvalue weighted by molar-refractivity contribution is -0.140. The molecule has 13 heteroatoms. The Morgan fingerprint density at radius 1 is 0.909 bits per heavy atom. The molecule has 0 radical (unpaired) electrons. The van der Waals surface area contributed by atoms with Gasteiger partial charge in [0, 0.05) is 23.2 Å². The summed E-state index contributed by atoms with van der Waals surface area (Å²) in [5.74, 6) is -1.04. The maximum absolute atomic E-state index is 14.3. The van der Waals surface area contributed by atoms with Crippen LogP contribution in [0.25, 0.3) is 0 Å². The van der Waals surface area contributed by atoms with Gasteiger partial charge in [-0.1, -0.05) is 23.7 Å². The van der Waals surface area contributed by atoms with E-state index in [1.54, 1.807) is 20.8 Å². The van der Waals surface area contributed by atoms with Gasteiger partial charge in [0.25, 0.3) is 10.0 Å². The van der Waals surface area contributed by atoms with E-state index < -0.39 is 45.8 Å². The molecule has 0 aliphatic carbocycles. The lowest BCUT2D eigenvalue weighted by Crippen LogP contribution is -2.54. The van der Waals surface area contributed by atoms with Crippen LogP contribution < -0.4 is 23.8 Å². The minimum absolute atomic E-state index is 0.00309. The molecule has 0 aliphatic rings. The molecule has 0 saturated carbocycles. The molecule has 238 valence electrons. The third-order valence-corrected chi connectivity index (χ3v) is 8.55. The zero-order valence-electron chi connectivity index (χ0n) is 25.7. The molecule has 0 fully saturated rings. The summed E-state index contributed by atoms with van der Waals surface area (Å²) in [6.07, 6.45) is 0. The Bertz CT molecular complexity index is 1590. The molecule has 0 aliphatic heterocycles. The molecular formula is C31H37ClFN3O7S. The first-order valence-electron chi connectivity index (χ1n) is 13.6. The average Bonchev–Trinajstić information content (AvgIpc) is 2.97. The van der Waals surface area contributed by atoms with Crippen molar-refractivity contribution in [3.05, 3.63) is 77.1 Å². The van der Waals surface area contributed by atoms with Crippen LogP contribution in [-0.4, -0.2) is 64.6 Å². The molecule has 3 rings (SSSR count). The Kier molecular flexibility index (Phi) is 11.1. The summed E-state index contributed by atoms with van der Waals surface area (Å²) in [7, 11) is -0.340. The van der Waals surface area contributed by atoms with Crippen LogP contribution >= 0.6 is 11.6 Å². The van der Waals surface area contributed by atoms with Crippen LogP contribution in [-0.2, 0) is 26.2 Å². The molecule has 3 aromatic rings. The van der Waals surface area contributed by atoms with Gasteiger partial charge in [-0.2, -0.15) is 0 Å². The standard InChI is InChI=1S/C31H37ClFN3O7S/c1-20(30(38)34-31(2,3)4)35(18-21-8-11-23(33)12-9-21)29(37)19-36(25-16-22(32)10-14-26(25)41-5)44(39,40)24-13-15-27(42-6)28(17-24)43-7/h8-17,20H,18-19H2,1-7H3,(H,34,38). The second-order valence-corrected chi connectivity index (χ2v) is 13.2. The number of hydrogen-bond acceptors (Lipinski definition) is 7. The average molecular weight is 650 g/mol. The topological polar surface area (TPSA) is 114 Å². The Labute approximate surface area is 262 Å². The predicted octanol–water partition coefficient (Wildman–Crippen LogP) is 5.03. The summed E-state index contributed by atoms with van der Waals surface area (Å²) < 4.78 is 59.1. The molecular weight excluding hydrogens is 613 g/mol. The maximum atomic E-state index is 14.3. The largest absolute Gasteiger partial charge is 0.495 e. The Morgan fingerprint density at radius 3 is 2.07 bits per heavy atom. The van der Waals surface area contributed by atoms with E-state index in [1.807, 2.05) is 0 Å². The fourth-order valence-corrected chi connectivity index (χ4v) is 5.92. The second-order valence-electron chi connectivity index (χ2n) is 10.9. The van der Waals surface area contributed by atoms with Crippen molar-refractivity contribution >= 4 is 39.1 Å². The van der Waals surface area contributed by atoms with Gasteiger partial charge in [-0.25, -0.2) is 12.8 Å². The molecule has 1 unspecified atom stereocenters. The van der Waals surface area contributed by atoms with Crippen LogP contribution in [0.4, 0.5) is 10.1 Å². The number of rotatable bonds is 12. The summed E-state index contributed by atoms with van der Waals surface area (Å²) in [4.78, 5) is 28.4. The van der Waals surface area contributed by atoms with E-state index in [0.29, 0.717) is 11.3 Å². The fraction of sp³-hybridized carbons (Fsp3) is 0.355. The van der Waals surface area contributed by atoms with Crippen molar-refractivity contribution in [2.45, 2.75) is 50.7 Å². The highest BCUT2D eigenvalue weighted by atomic mass is 35.5. The lowest BCUT2D eigenvalue weighted by Gasteiger charge is -2.33. The molecule has 0 heterocycles. The van der Waals surface area contributed by atoms with Gasteiger partial charge in [-0.3, -0.25) is 13.9 Å². The number of carbonyl (C=O) groups excluding carboxylic acids is 2. The molecule has 44 heavy (non-hydrogen) atoms. The number of amides is 2. The first kappa shape index (κ1) is 34.5. The van der Waals surface area contributed by atoms with Crippen LogP contribution in [0.2, 0.25) is 5.02 Å². The smallest absolute Gasteiger partial charge is 0.265 e. The van der Waals surface area contributed by atoms with Crippen LogP contribution in [0.3, 0.4) is 0 Å². The SMILES string of the molecule is COc1ccc(S(=O)(=O)N(CC(=O)N(Cc2ccc(F)cc2)C(C)C(=O)NC(C)(C)C)c2cc(Cl)ccc2OC)cc1OC. The number of hydrogen-bond donors (Lipinski definition) is 1. The van der Waals surface area contributed by atoms with Crippen LogP contribution in [0.5, 0.6) is 17.2 Å². The van der Waals surface area contributed by atoms with Crippen LogP contribution in [0.15, 0.2) is 65.6 Å². The molecule has 10 nitrogen and oxygen atoms in total. The van der Waals surface area contributed by atoms with Gasteiger partial charge in [0.1, 0.15) is 24.2 Å². The van der Waals surface area contributed by atoms with E-state index in [0.717, 1.165) is 4.31 Å². The normalized spacial score (nSPS) is 12.2. The molecule has 0 saturated heterocycles. The zero-order valence-corrected chi connectivity index (χ0v) is 27.3. The highest BCUT2D eigenvalue weighted by molar-refractivity contribution is 7.92.